The van der Waals surface area contributed by atoms with Crippen LogP contribution in [0.4, 0.5) is 0 Å². The van der Waals surface area contributed by atoms with Crippen LogP contribution in [0.1, 0.15) is 40.0 Å². The molecule has 0 aromatic carbocycles. The van der Waals surface area contributed by atoms with Gasteiger partial charge in [0.2, 0.25) is 0 Å². The van der Waals surface area contributed by atoms with Crippen LogP contribution < -0.4 is 0 Å². The lowest BCUT2D eigenvalue weighted by atomic mass is 9.66. The van der Waals surface area contributed by atoms with E-state index in [2.05, 4.69) is 42.8 Å². The van der Waals surface area contributed by atoms with Crippen LogP contribution in [-0.4, -0.2) is 10.1 Å². The molecule has 88 valence electrons. The SMILES string of the molecule is CC(C)C1=CC[C@@]2(C)C(=O)[C@]3(Br)CC[C@H]2[C@@H]13. The standard InChI is InChI=1S/C14H19BrO/c1-8(2)9-4-6-13(3)10-5-7-14(15,11(9)10)12(13)16/h4,8,10-11H,5-7H2,1-3H3/t10-,11+,13+,14-/m0/s1. The first kappa shape index (κ1) is 11.0. The van der Waals surface area contributed by atoms with Gasteiger partial charge in [-0.15, -0.1) is 0 Å². The summed E-state index contributed by atoms with van der Waals surface area (Å²) in [6.07, 6.45) is 5.59. The van der Waals surface area contributed by atoms with Crippen LogP contribution in [0.25, 0.3) is 0 Å². The summed E-state index contributed by atoms with van der Waals surface area (Å²) in [6.45, 7) is 6.70. The maximum atomic E-state index is 12.6. The Hall–Kier alpha value is -0.110. The zero-order valence-electron chi connectivity index (χ0n) is 10.2. The summed E-state index contributed by atoms with van der Waals surface area (Å²) in [5.41, 5.74) is 1.47. The van der Waals surface area contributed by atoms with Crippen molar-refractivity contribution in [3.8, 4) is 0 Å². The van der Waals surface area contributed by atoms with Gasteiger partial charge in [0.05, 0.1) is 4.32 Å². The Balaban J connectivity index is 2.15. The highest BCUT2D eigenvalue weighted by Gasteiger charge is 2.70. The number of ketones is 1. The third-order valence-electron chi connectivity index (χ3n) is 5.22. The third-order valence-corrected chi connectivity index (χ3v) is 6.47. The monoisotopic (exact) mass is 282 g/mol. The van der Waals surface area contributed by atoms with E-state index in [4.69, 9.17) is 0 Å². The van der Waals surface area contributed by atoms with E-state index in [0.29, 0.717) is 23.5 Å². The molecule has 16 heavy (non-hydrogen) atoms. The van der Waals surface area contributed by atoms with Gasteiger partial charge >= 0.3 is 0 Å². The molecule has 0 amide bonds. The second-order valence-corrected chi connectivity index (χ2v) is 7.71. The summed E-state index contributed by atoms with van der Waals surface area (Å²) in [6, 6.07) is 0. The van der Waals surface area contributed by atoms with Gasteiger partial charge in [-0.05, 0) is 31.1 Å². The van der Waals surface area contributed by atoms with E-state index in [1.54, 1.807) is 0 Å². The van der Waals surface area contributed by atoms with Crippen LogP contribution in [0, 0.1) is 23.2 Å². The molecule has 0 heterocycles. The van der Waals surface area contributed by atoms with E-state index < -0.39 is 0 Å². The minimum Gasteiger partial charge on any atom is -0.297 e. The highest BCUT2D eigenvalue weighted by Crippen LogP contribution is 2.68. The Labute approximate surface area is 106 Å². The van der Waals surface area contributed by atoms with Crippen molar-refractivity contribution >= 4 is 21.7 Å². The molecule has 3 aliphatic carbocycles. The van der Waals surface area contributed by atoms with Gasteiger partial charge < -0.3 is 0 Å². The van der Waals surface area contributed by atoms with E-state index in [1.165, 1.54) is 12.0 Å². The van der Waals surface area contributed by atoms with Crippen molar-refractivity contribution in [3.05, 3.63) is 11.6 Å². The van der Waals surface area contributed by atoms with E-state index in [1.807, 2.05) is 0 Å². The summed E-state index contributed by atoms with van der Waals surface area (Å²) in [7, 11) is 0. The summed E-state index contributed by atoms with van der Waals surface area (Å²) in [5.74, 6) is 2.15. The normalized spacial score (nSPS) is 50.1. The lowest BCUT2D eigenvalue weighted by Crippen LogP contribution is -2.39. The van der Waals surface area contributed by atoms with Gasteiger partial charge in [-0.3, -0.25) is 4.79 Å². The number of rotatable bonds is 1. The average molecular weight is 283 g/mol. The first-order valence-electron chi connectivity index (χ1n) is 6.35. The second-order valence-electron chi connectivity index (χ2n) is 6.29. The summed E-state index contributed by atoms with van der Waals surface area (Å²) in [5, 5.41) is 0. The minimum absolute atomic E-state index is 0.0647. The number of halogens is 1. The number of alkyl halides is 1. The molecular formula is C14H19BrO. The van der Waals surface area contributed by atoms with Crippen LogP contribution in [0.2, 0.25) is 0 Å². The molecule has 0 aliphatic heterocycles. The highest BCUT2D eigenvalue weighted by atomic mass is 79.9. The second kappa shape index (κ2) is 3.01. The number of carbonyl (C=O) groups is 1. The van der Waals surface area contributed by atoms with Gasteiger partial charge in [-0.1, -0.05) is 48.4 Å². The van der Waals surface area contributed by atoms with E-state index >= 15 is 0 Å². The molecule has 0 saturated heterocycles. The van der Waals surface area contributed by atoms with Crippen LogP contribution in [0.5, 0.6) is 0 Å². The van der Waals surface area contributed by atoms with Crippen LogP contribution >= 0.6 is 15.9 Å². The van der Waals surface area contributed by atoms with Gasteiger partial charge in [0, 0.05) is 11.3 Å². The predicted octanol–water partition coefficient (Wildman–Crippen LogP) is 3.72. The van der Waals surface area contributed by atoms with E-state index in [0.717, 1.165) is 12.8 Å². The van der Waals surface area contributed by atoms with Gasteiger partial charge in [0.25, 0.3) is 0 Å². The first-order valence-corrected chi connectivity index (χ1v) is 7.14. The molecule has 1 nitrogen and oxygen atoms in total. The molecule has 0 N–H and O–H groups in total. The summed E-state index contributed by atoms with van der Waals surface area (Å²) >= 11 is 3.81. The first-order chi connectivity index (χ1) is 7.41. The topological polar surface area (TPSA) is 17.1 Å². The van der Waals surface area contributed by atoms with Crippen molar-refractivity contribution in [2.75, 3.05) is 0 Å². The Morgan fingerprint density at radius 2 is 2.19 bits per heavy atom. The fourth-order valence-electron chi connectivity index (χ4n) is 4.38. The molecule has 4 bridgehead atoms. The number of Topliss-reactive ketones (excluding diaryl/α,β-unsaturated/α-hetero) is 1. The molecule has 3 aliphatic rings. The summed E-state index contributed by atoms with van der Waals surface area (Å²) in [4.78, 5) is 12.6. The highest BCUT2D eigenvalue weighted by molar-refractivity contribution is 9.10. The maximum absolute atomic E-state index is 12.6. The minimum atomic E-state index is -0.209. The molecule has 0 radical (unpaired) electrons. The Bertz CT molecular complexity index is 398. The number of allylic oxidation sites excluding steroid dienone is 2. The van der Waals surface area contributed by atoms with E-state index in [9.17, 15) is 4.79 Å². The molecule has 2 fully saturated rings. The largest absolute Gasteiger partial charge is 0.297 e. The lowest BCUT2D eigenvalue weighted by Gasteiger charge is -2.36. The quantitative estimate of drug-likeness (QED) is 0.529. The molecular weight excluding hydrogens is 264 g/mol. The van der Waals surface area contributed by atoms with Gasteiger partial charge in [-0.25, -0.2) is 0 Å². The zero-order chi connectivity index (χ0) is 11.7. The molecule has 2 saturated carbocycles. The summed E-state index contributed by atoms with van der Waals surface area (Å²) < 4.78 is -0.209. The van der Waals surface area contributed by atoms with E-state index in [-0.39, 0.29) is 9.74 Å². The van der Waals surface area contributed by atoms with Crippen molar-refractivity contribution in [3.63, 3.8) is 0 Å². The smallest absolute Gasteiger partial charge is 0.156 e. The zero-order valence-corrected chi connectivity index (χ0v) is 11.8. The molecule has 4 atom stereocenters. The Kier molecular flexibility index (Phi) is 2.07. The third kappa shape index (κ3) is 1.01. The molecule has 0 aromatic heterocycles. The van der Waals surface area contributed by atoms with Gasteiger partial charge in [-0.2, -0.15) is 0 Å². The van der Waals surface area contributed by atoms with Crippen molar-refractivity contribution in [2.24, 2.45) is 23.2 Å². The molecule has 2 heteroatoms. The van der Waals surface area contributed by atoms with Crippen molar-refractivity contribution < 1.29 is 4.79 Å². The van der Waals surface area contributed by atoms with Crippen molar-refractivity contribution in [1.29, 1.82) is 0 Å². The fraction of sp³-hybridized carbons (Fsp3) is 0.786. The Morgan fingerprint density at radius 1 is 1.50 bits per heavy atom. The van der Waals surface area contributed by atoms with Gasteiger partial charge in [0.1, 0.15) is 0 Å². The van der Waals surface area contributed by atoms with Crippen molar-refractivity contribution in [1.82, 2.24) is 0 Å². The molecule has 0 aromatic rings. The Morgan fingerprint density at radius 3 is 2.81 bits per heavy atom. The number of hydrogen-bond acceptors (Lipinski definition) is 1. The van der Waals surface area contributed by atoms with Crippen LogP contribution in [0.3, 0.4) is 0 Å². The average Bonchev–Trinajstić information content (AvgIpc) is 2.61. The van der Waals surface area contributed by atoms with Crippen LogP contribution in [0.15, 0.2) is 11.6 Å². The molecule has 0 spiro atoms. The fourth-order valence-corrected chi connectivity index (χ4v) is 5.65. The predicted molar refractivity (Wildman–Crippen MR) is 68.5 cm³/mol. The van der Waals surface area contributed by atoms with Gasteiger partial charge in [0.15, 0.2) is 5.78 Å². The van der Waals surface area contributed by atoms with Crippen molar-refractivity contribution in [2.45, 2.75) is 44.4 Å². The molecule has 3 rings (SSSR count). The van der Waals surface area contributed by atoms with Crippen LogP contribution in [-0.2, 0) is 4.79 Å². The number of carbonyl (C=O) groups excluding carboxylic acids is 1. The maximum Gasteiger partial charge on any atom is 0.156 e. The lowest BCUT2D eigenvalue weighted by molar-refractivity contribution is -0.129. The molecule has 0 unspecified atom stereocenters. The number of hydrogen-bond donors (Lipinski definition) is 0.